The number of amides is 1. The zero-order valence-electron chi connectivity index (χ0n) is 13.5. The quantitative estimate of drug-likeness (QED) is 0.412. The zero-order valence-corrected chi connectivity index (χ0v) is 16.7. The van der Waals surface area contributed by atoms with E-state index in [0.29, 0.717) is 17.1 Å². The van der Waals surface area contributed by atoms with Gasteiger partial charge in [-0.15, -0.1) is 0 Å². The van der Waals surface area contributed by atoms with Gasteiger partial charge in [-0.2, -0.15) is 0 Å². The normalized spacial score (nSPS) is 10.8. The minimum atomic E-state index is -0.177. The van der Waals surface area contributed by atoms with Gasteiger partial charge in [0.2, 0.25) is 0 Å². The van der Waals surface area contributed by atoms with E-state index in [1.54, 1.807) is 12.1 Å². The van der Waals surface area contributed by atoms with Crippen molar-refractivity contribution in [2.24, 2.45) is 0 Å². The van der Waals surface area contributed by atoms with Crippen molar-refractivity contribution in [3.63, 3.8) is 0 Å². The summed E-state index contributed by atoms with van der Waals surface area (Å²) < 4.78 is 3.72. The third kappa shape index (κ3) is 3.18. The summed E-state index contributed by atoms with van der Waals surface area (Å²) in [6.07, 6.45) is 1.89. The van der Waals surface area contributed by atoms with Crippen molar-refractivity contribution in [3.8, 4) is 11.3 Å². The highest BCUT2D eigenvalue weighted by atomic mass is 79.9. The molecule has 6 heteroatoms. The van der Waals surface area contributed by atoms with Crippen LogP contribution in [0.3, 0.4) is 0 Å². The van der Waals surface area contributed by atoms with Crippen molar-refractivity contribution in [2.45, 2.75) is 0 Å². The Kier molecular flexibility index (Phi) is 4.61. The van der Waals surface area contributed by atoms with Gasteiger partial charge in [0.05, 0.1) is 0 Å². The maximum absolute atomic E-state index is 12.7. The van der Waals surface area contributed by atoms with Gasteiger partial charge in [-0.25, -0.2) is 4.98 Å². The van der Waals surface area contributed by atoms with E-state index in [1.807, 2.05) is 65.2 Å². The molecule has 4 aromatic rings. The lowest BCUT2D eigenvalue weighted by molar-refractivity contribution is 0.102. The molecule has 2 aromatic carbocycles. The number of carbonyl (C=O) groups excluding carboxylic acids is 1. The van der Waals surface area contributed by atoms with Gasteiger partial charge >= 0.3 is 0 Å². The summed E-state index contributed by atoms with van der Waals surface area (Å²) in [5.41, 5.74) is 2.95. The molecule has 0 saturated heterocycles. The average Bonchev–Trinajstić information content (AvgIpc) is 3.03. The van der Waals surface area contributed by atoms with Crippen LogP contribution in [-0.2, 0) is 0 Å². The number of pyridine rings is 1. The SMILES string of the molecule is O=C(Nc1c(-c2cc(Br)ccc2Br)nc2ccccn12)c1ccccc1. The van der Waals surface area contributed by atoms with E-state index in [4.69, 9.17) is 4.98 Å². The highest BCUT2D eigenvalue weighted by Crippen LogP contribution is 2.35. The maximum Gasteiger partial charge on any atom is 0.256 e. The molecule has 0 spiro atoms. The van der Waals surface area contributed by atoms with Gasteiger partial charge in [-0.05, 0) is 42.5 Å². The fourth-order valence-corrected chi connectivity index (χ4v) is 3.55. The molecule has 0 aliphatic carbocycles. The molecule has 2 aromatic heterocycles. The molecule has 128 valence electrons. The second kappa shape index (κ2) is 7.05. The Labute approximate surface area is 167 Å². The van der Waals surface area contributed by atoms with E-state index >= 15 is 0 Å². The second-order valence-electron chi connectivity index (χ2n) is 5.68. The molecule has 2 heterocycles. The minimum absolute atomic E-state index is 0.177. The number of nitrogens with zero attached hydrogens (tertiary/aromatic N) is 2. The van der Waals surface area contributed by atoms with Crippen LogP contribution >= 0.6 is 31.9 Å². The molecule has 4 rings (SSSR count). The summed E-state index contributed by atoms with van der Waals surface area (Å²) in [6.45, 7) is 0. The maximum atomic E-state index is 12.7. The number of fused-ring (bicyclic) bond motifs is 1. The Balaban J connectivity index is 1.87. The molecule has 26 heavy (non-hydrogen) atoms. The van der Waals surface area contributed by atoms with Crippen molar-refractivity contribution in [2.75, 3.05) is 5.32 Å². The van der Waals surface area contributed by atoms with E-state index in [1.165, 1.54) is 0 Å². The topological polar surface area (TPSA) is 46.4 Å². The largest absolute Gasteiger partial charge is 0.306 e. The van der Waals surface area contributed by atoms with E-state index < -0.39 is 0 Å². The van der Waals surface area contributed by atoms with Crippen LogP contribution in [0.5, 0.6) is 0 Å². The van der Waals surface area contributed by atoms with Crippen LogP contribution in [0.4, 0.5) is 5.82 Å². The molecule has 0 fully saturated rings. The highest BCUT2D eigenvalue weighted by Gasteiger charge is 2.19. The Hall–Kier alpha value is -2.44. The van der Waals surface area contributed by atoms with Gasteiger partial charge in [-0.1, -0.05) is 56.1 Å². The lowest BCUT2D eigenvalue weighted by atomic mass is 10.1. The van der Waals surface area contributed by atoms with E-state index in [-0.39, 0.29) is 5.91 Å². The summed E-state index contributed by atoms with van der Waals surface area (Å²) in [6, 6.07) is 20.8. The zero-order chi connectivity index (χ0) is 18.1. The summed E-state index contributed by atoms with van der Waals surface area (Å²) in [4.78, 5) is 17.4. The van der Waals surface area contributed by atoms with Crippen molar-refractivity contribution in [1.82, 2.24) is 9.38 Å². The van der Waals surface area contributed by atoms with Crippen molar-refractivity contribution in [3.05, 3.63) is 87.4 Å². The third-order valence-corrected chi connectivity index (χ3v) is 5.17. The molecule has 0 saturated carbocycles. The molecular formula is C20H13Br2N3O. The standard InChI is InChI=1S/C20H13Br2N3O/c21-14-9-10-16(22)15(12-14)18-19(25-11-5-4-8-17(25)23-18)24-20(26)13-6-2-1-3-7-13/h1-12H,(H,24,26). The summed E-state index contributed by atoms with van der Waals surface area (Å²) in [5, 5.41) is 3.02. The molecule has 0 aliphatic heterocycles. The van der Waals surface area contributed by atoms with Gasteiger partial charge in [0.1, 0.15) is 17.2 Å². The number of halogens is 2. The molecule has 0 aliphatic rings. The van der Waals surface area contributed by atoms with Crippen LogP contribution in [0.2, 0.25) is 0 Å². The number of hydrogen-bond donors (Lipinski definition) is 1. The number of nitrogens with one attached hydrogen (secondary N) is 1. The lowest BCUT2D eigenvalue weighted by Crippen LogP contribution is -2.13. The van der Waals surface area contributed by atoms with E-state index in [9.17, 15) is 4.79 Å². The van der Waals surface area contributed by atoms with Gasteiger partial charge in [0, 0.05) is 26.3 Å². The fraction of sp³-hybridized carbons (Fsp3) is 0. The molecule has 1 amide bonds. The predicted octanol–water partition coefficient (Wildman–Crippen LogP) is 5.78. The van der Waals surface area contributed by atoms with Gasteiger partial charge in [-0.3, -0.25) is 9.20 Å². The lowest BCUT2D eigenvalue weighted by Gasteiger charge is -2.09. The molecule has 0 unspecified atom stereocenters. The smallest absolute Gasteiger partial charge is 0.256 e. The van der Waals surface area contributed by atoms with Crippen molar-refractivity contribution >= 4 is 49.2 Å². The summed E-state index contributed by atoms with van der Waals surface area (Å²) >= 11 is 7.09. The first-order chi connectivity index (χ1) is 12.6. The van der Waals surface area contributed by atoms with Crippen LogP contribution in [0.25, 0.3) is 16.9 Å². The minimum Gasteiger partial charge on any atom is -0.306 e. The Morgan fingerprint density at radius 3 is 2.54 bits per heavy atom. The molecule has 0 atom stereocenters. The first-order valence-electron chi connectivity index (χ1n) is 7.92. The van der Waals surface area contributed by atoms with Crippen molar-refractivity contribution < 1.29 is 4.79 Å². The Morgan fingerprint density at radius 2 is 1.73 bits per heavy atom. The third-order valence-electron chi connectivity index (χ3n) is 3.98. The number of rotatable bonds is 3. The van der Waals surface area contributed by atoms with Gasteiger partial charge < -0.3 is 5.32 Å². The van der Waals surface area contributed by atoms with Gasteiger partial charge in [0.15, 0.2) is 0 Å². The van der Waals surface area contributed by atoms with E-state index in [2.05, 4.69) is 37.2 Å². The molecule has 4 nitrogen and oxygen atoms in total. The number of carbonyl (C=O) groups is 1. The Bertz CT molecular complexity index is 1110. The Morgan fingerprint density at radius 1 is 0.962 bits per heavy atom. The first-order valence-corrected chi connectivity index (χ1v) is 9.51. The average molecular weight is 471 g/mol. The molecule has 0 radical (unpaired) electrons. The van der Waals surface area contributed by atoms with Crippen LogP contribution in [-0.4, -0.2) is 15.3 Å². The van der Waals surface area contributed by atoms with Crippen LogP contribution in [0.1, 0.15) is 10.4 Å². The number of anilines is 1. The number of imidazole rings is 1. The molecular weight excluding hydrogens is 458 g/mol. The van der Waals surface area contributed by atoms with Crippen LogP contribution in [0.15, 0.2) is 81.9 Å². The van der Waals surface area contributed by atoms with Gasteiger partial charge in [0.25, 0.3) is 5.91 Å². The van der Waals surface area contributed by atoms with Crippen molar-refractivity contribution in [1.29, 1.82) is 0 Å². The van der Waals surface area contributed by atoms with E-state index in [0.717, 1.165) is 20.2 Å². The first kappa shape index (κ1) is 17.0. The molecule has 0 bridgehead atoms. The van der Waals surface area contributed by atoms with Crippen LogP contribution in [0, 0.1) is 0 Å². The number of aromatic nitrogens is 2. The molecule has 1 N–H and O–H groups in total. The summed E-state index contributed by atoms with van der Waals surface area (Å²) in [5.74, 6) is 0.455. The fourth-order valence-electron chi connectivity index (χ4n) is 2.75. The second-order valence-corrected chi connectivity index (χ2v) is 7.45. The number of hydrogen-bond acceptors (Lipinski definition) is 2. The number of benzene rings is 2. The van der Waals surface area contributed by atoms with Crippen LogP contribution < -0.4 is 5.32 Å². The predicted molar refractivity (Wildman–Crippen MR) is 110 cm³/mol. The highest BCUT2D eigenvalue weighted by molar-refractivity contribution is 9.11. The monoisotopic (exact) mass is 469 g/mol. The summed E-state index contributed by atoms with van der Waals surface area (Å²) in [7, 11) is 0.